The van der Waals surface area contributed by atoms with E-state index in [1.165, 1.54) is 16.8 Å². The Morgan fingerprint density at radius 2 is 2.12 bits per heavy atom. The van der Waals surface area contributed by atoms with Crippen molar-refractivity contribution >= 4 is 17.6 Å². The molecule has 1 fully saturated rings. The van der Waals surface area contributed by atoms with Gasteiger partial charge in [0.2, 0.25) is 5.91 Å². The smallest absolute Gasteiger partial charge is 0.325 e. The van der Waals surface area contributed by atoms with Crippen molar-refractivity contribution in [1.29, 1.82) is 0 Å². The molecule has 0 radical (unpaired) electrons. The summed E-state index contributed by atoms with van der Waals surface area (Å²) in [4.78, 5) is 25.9. The number of fused-ring (bicyclic) bond motifs is 1. The molecule has 0 aliphatic carbocycles. The van der Waals surface area contributed by atoms with Crippen molar-refractivity contribution in [1.82, 2.24) is 10.2 Å². The van der Waals surface area contributed by atoms with Crippen molar-refractivity contribution < 1.29 is 14.3 Å². The maximum absolute atomic E-state index is 12.2. The van der Waals surface area contributed by atoms with Crippen LogP contribution in [0.1, 0.15) is 30.9 Å². The van der Waals surface area contributed by atoms with Gasteiger partial charge in [-0.15, -0.1) is 0 Å². The first-order chi connectivity index (χ1) is 12.2. The standard InChI is InChI=1S/C19H27N3O3/c1-2-25-17(23)12-21-19(24)15-7-10-22(11-8-15)13-16-5-3-4-14-6-9-20-18(14)16/h3-5,15,20H,2,6-13H2,1H3,(H,21,24). The molecule has 2 heterocycles. The van der Waals surface area contributed by atoms with Crippen molar-refractivity contribution in [3.8, 4) is 0 Å². The summed E-state index contributed by atoms with van der Waals surface area (Å²) in [5, 5.41) is 6.18. The molecule has 1 aromatic rings. The number of benzene rings is 1. The van der Waals surface area contributed by atoms with E-state index in [2.05, 4.69) is 33.7 Å². The van der Waals surface area contributed by atoms with Crippen molar-refractivity contribution in [3.63, 3.8) is 0 Å². The molecule has 0 saturated carbocycles. The Balaban J connectivity index is 1.45. The second-order valence-corrected chi connectivity index (χ2v) is 6.70. The molecular weight excluding hydrogens is 318 g/mol. The van der Waals surface area contributed by atoms with Gasteiger partial charge in [-0.05, 0) is 50.4 Å². The summed E-state index contributed by atoms with van der Waals surface area (Å²) in [5.74, 6) is -0.418. The van der Waals surface area contributed by atoms with Crippen LogP contribution in [0.3, 0.4) is 0 Å². The average Bonchev–Trinajstić information content (AvgIpc) is 3.10. The third-order valence-corrected chi connectivity index (χ3v) is 5.00. The molecule has 1 saturated heterocycles. The number of amides is 1. The van der Waals surface area contributed by atoms with Crippen molar-refractivity contribution in [3.05, 3.63) is 29.3 Å². The van der Waals surface area contributed by atoms with Crippen LogP contribution in [0.2, 0.25) is 0 Å². The number of para-hydroxylation sites is 1. The van der Waals surface area contributed by atoms with Crippen LogP contribution in [0.15, 0.2) is 18.2 Å². The lowest BCUT2D eigenvalue weighted by Gasteiger charge is -2.31. The zero-order chi connectivity index (χ0) is 17.6. The van der Waals surface area contributed by atoms with E-state index in [0.29, 0.717) is 6.61 Å². The van der Waals surface area contributed by atoms with E-state index in [1.54, 1.807) is 6.92 Å². The molecule has 2 N–H and O–H groups in total. The average molecular weight is 345 g/mol. The molecule has 0 aromatic heterocycles. The van der Waals surface area contributed by atoms with Gasteiger partial charge in [-0.3, -0.25) is 14.5 Å². The number of ether oxygens (including phenoxy) is 1. The first kappa shape index (κ1) is 17.7. The molecule has 0 bridgehead atoms. The third-order valence-electron chi connectivity index (χ3n) is 5.00. The van der Waals surface area contributed by atoms with Crippen LogP contribution in [0.4, 0.5) is 5.69 Å². The Labute approximate surface area is 148 Å². The van der Waals surface area contributed by atoms with E-state index in [-0.39, 0.29) is 24.3 Å². The minimum absolute atomic E-state index is 0.00899. The van der Waals surface area contributed by atoms with Crippen LogP contribution >= 0.6 is 0 Å². The Morgan fingerprint density at radius 1 is 1.32 bits per heavy atom. The maximum atomic E-state index is 12.2. The first-order valence-corrected chi connectivity index (χ1v) is 9.17. The van der Waals surface area contributed by atoms with Gasteiger partial charge in [0.25, 0.3) is 0 Å². The minimum Gasteiger partial charge on any atom is -0.465 e. The quantitative estimate of drug-likeness (QED) is 0.766. The van der Waals surface area contributed by atoms with Crippen LogP contribution in [0.5, 0.6) is 0 Å². The molecule has 0 atom stereocenters. The number of hydrogen-bond donors (Lipinski definition) is 2. The van der Waals surface area contributed by atoms with Gasteiger partial charge in [-0.1, -0.05) is 18.2 Å². The van der Waals surface area contributed by atoms with Crippen LogP contribution < -0.4 is 10.6 Å². The number of carbonyl (C=O) groups is 2. The van der Waals surface area contributed by atoms with Crippen molar-refractivity contribution in [2.45, 2.75) is 32.7 Å². The predicted octanol–water partition coefficient (Wildman–Crippen LogP) is 1.55. The van der Waals surface area contributed by atoms with E-state index in [9.17, 15) is 9.59 Å². The normalized spacial score (nSPS) is 17.6. The lowest BCUT2D eigenvalue weighted by molar-refractivity contribution is -0.144. The number of nitrogens with one attached hydrogen (secondary N) is 2. The first-order valence-electron chi connectivity index (χ1n) is 9.17. The highest BCUT2D eigenvalue weighted by Gasteiger charge is 2.26. The molecule has 2 aliphatic rings. The van der Waals surface area contributed by atoms with E-state index in [0.717, 1.165) is 45.4 Å². The number of hydrogen-bond acceptors (Lipinski definition) is 5. The van der Waals surface area contributed by atoms with Crippen LogP contribution in [0, 0.1) is 5.92 Å². The van der Waals surface area contributed by atoms with Crippen LogP contribution in [-0.4, -0.2) is 49.6 Å². The SMILES string of the molecule is CCOC(=O)CNC(=O)C1CCN(Cc2cccc3c2NCC3)CC1. The number of likely N-dealkylation sites (tertiary alicyclic amines) is 1. The summed E-state index contributed by atoms with van der Waals surface area (Å²) in [6.45, 7) is 5.82. The van der Waals surface area contributed by atoms with Crippen molar-refractivity contribution in [2.75, 3.05) is 38.1 Å². The highest BCUT2D eigenvalue weighted by molar-refractivity contribution is 5.83. The fourth-order valence-electron chi connectivity index (χ4n) is 3.65. The van der Waals surface area contributed by atoms with E-state index >= 15 is 0 Å². The zero-order valence-corrected chi connectivity index (χ0v) is 14.8. The lowest BCUT2D eigenvalue weighted by Crippen LogP contribution is -2.41. The molecular formula is C19H27N3O3. The van der Waals surface area contributed by atoms with Gasteiger partial charge in [0, 0.05) is 24.7 Å². The van der Waals surface area contributed by atoms with Gasteiger partial charge in [0.05, 0.1) is 6.61 Å². The summed E-state index contributed by atoms with van der Waals surface area (Å²) in [6, 6.07) is 6.52. The second-order valence-electron chi connectivity index (χ2n) is 6.70. The molecule has 25 heavy (non-hydrogen) atoms. The summed E-state index contributed by atoms with van der Waals surface area (Å²) >= 11 is 0. The molecule has 0 spiro atoms. The van der Waals surface area contributed by atoms with Crippen molar-refractivity contribution in [2.24, 2.45) is 5.92 Å². The molecule has 3 rings (SSSR count). The molecule has 1 aromatic carbocycles. The molecule has 2 aliphatic heterocycles. The van der Waals surface area contributed by atoms with E-state index in [1.807, 2.05) is 0 Å². The zero-order valence-electron chi connectivity index (χ0n) is 14.8. The number of anilines is 1. The van der Waals surface area contributed by atoms with E-state index in [4.69, 9.17) is 4.74 Å². The van der Waals surface area contributed by atoms with Gasteiger partial charge < -0.3 is 15.4 Å². The Bertz CT molecular complexity index is 624. The molecule has 0 unspecified atom stereocenters. The summed E-state index contributed by atoms with van der Waals surface area (Å²) in [7, 11) is 0. The Morgan fingerprint density at radius 3 is 2.88 bits per heavy atom. The maximum Gasteiger partial charge on any atom is 0.325 e. The summed E-state index contributed by atoms with van der Waals surface area (Å²) < 4.78 is 4.83. The van der Waals surface area contributed by atoms with Crippen LogP contribution in [-0.2, 0) is 27.3 Å². The Kier molecular flexibility index (Phi) is 5.91. The summed E-state index contributed by atoms with van der Waals surface area (Å²) in [6.07, 6.45) is 2.76. The third kappa shape index (κ3) is 4.51. The number of nitrogens with zero attached hydrogens (tertiary/aromatic N) is 1. The number of piperidine rings is 1. The molecule has 1 amide bonds. The predicted molar refractivity (Wildman–Crippen MR) is 96.3 cm³/mol. The number of esters is 1. The monoisotopic (exact) mass is 345 g/mol. The lowest BCUT2D eigenvalue weighted by atomic mass is 9.95. The van der Waals surface area contributed by atoms with Gasteiger partial charge in [-0.25, -0.2) is 0 Å². The van der Waals surface area contributed by atoms with Gasteiger partial charge in [0.15, 0.2) is 0 Å². The van der Waals surface area contributed by atoms with Gasteiger partial charge >= 0.3 is 5.97 Å². The highest BCUT2D eigenvalue weighted by atomic mass is 16.5. The molecule has 6 nitrogen and oxygen atoms in total. The Hall–Kier alpha value is -2.08. The topological polar surface area (TPSA) is 70.7 Å². The molecule has 136 valence electrons. The highest BCUT2D eigenvalue weighted by Crippen LogP contribution is 2.28. The second kappa shape index (κ2) is 8.34. The minimum atomic E-state index is -0.376. The van der Waals surface area contributed by atoms with Crippen LogP contribution in [0.25, 0.3) is 0 Å². The molecule has 6 heteroatoms. The number of carbonyl (C=O) groups excluding carboxylic acids is 2. The van der Waals surface area contributed by atoms with Gasteiger partial charge in [-0.2, -0.15) is 0 Å². The largest absolute Gasteiger partial charge is 0.465 e. The fourth-order valence-corrected chi connectivity index (χ4v) is 3.65. The fraction of sp³-hybridized carbons (Fsp3) is 0.579. The summed E-state index contributed by atoms with van der Waals surface area (Å²) in [5.41, 5.74) is 4.06. The van der Waals surface area contributed by atoms with E-state index < -0.39 is 0 Å². The number of rotatable bonds is 6. The van der Waals surface area contributed by atoms with Gasteiger partial charge in [0.1, 0.15) is 6.54 Å².